The molecule has 2 aromatic carbocycles. The van der Waals surface area contributed by atoms with Gasteiger partial charge in [-0.25, -0.2) is 4.39 Å². The Bertz CT molecular complexity index is 499. The van der Waals surface area contributed by atoms with Crippen LogP contribution < -0.4 is 5.32 Å². The van der Waals surface area contributed by atoms with Crippen LogP contribution in [0.4, 0.5) is 4.39 Å². The molecule has 0 saturated heterocycles. The predicted molar refractivity (Wildman–Crippen MR) is 73.3 cm³/mol. The summed E-state index contributed by atoms with van der Waals surface area (Å²) in [5, 5.41) is 3.46. The van der Waals surface area contributed by atoms with E-state index in [0.717, 1.165) is 18.5 Å². The van der Waals surface area contributed by atoms with E-state index in [0.29, 0.717) is 6.54 Å². The lowest BCUT2D eigenvalue weighted by Crippen LogP contribution is -2.16. The van der Waals surface area contributed by atoms with Gasteiger partial charge in [0.2, 0.25) is 0 Å². The van der Waals surface area contributed by atoms with E-state index in [9.17, 15) is 4.39 Å². The van der Waals surface area contributed by atoms with E-state index in [2.05, 4.69) is 17.4 Å². The lowest BCUT2D eigenvalue weighted by molar-refractivity contribution is 0.620. The number of hydrogen-bond acceptors (Lipinski definition) is 1. The van der Waals surface area contributed by atoms with E-state index >= 15 is 0 Å². The summed E-state index contributed by atoms with van der Waals surface area (Å²) in [7, 11) is 0. The molecule has 0 radical (unpaired) electrons. The summed E-state index contributed by atoms with van der Waals surface area (Å²) in [5.41, 5.74) is 2.21. The second kappa shape index (κ2) is 6.53. The monoisotopic (exact) mass is 263 g/mol. The van der Waals surface area contributed by atoms with Crippen molar-refractivity contribution in [1.29, 1.82) is 0 Å². The smallest absolute Gasteiger partial charge is 0.142 e. The first-order chi connectivity index (χ1) is 8.75. The van der Waals surface area contributed by atoms with Crippen LogP contribution in [0.5, 0.6) is 0 Å². The van der Waals surface area contributed by atoms with Gasteiger partial charge >= 0.3 is 0 Å². The maximum Gasteiger partial charge on any atom is 0.142 e. The molecule has 0 aromatic heterocycles. The first-order valence-electron chi connectivity index (χ1n) is 5.94. The van der Waals surface area contributed by atoms with E-state index in [4.69, 9.17) is 11.6 Å². The van der Waals surface area contributed by atoms with Gasteiger partial charge in [-0.1, -0.05) is 48.0 Å². The normalized spacial score (nSPS) is 10.6. The molecule has 2 aromatic rings. The average Bonchev–Trinajstić information content (AvgIpc) is 2.40. The van der Waals surface area contributed by atoms with E-state index in [1.54, 1.807) is 6.07 Å². The zero-order chi connectivity index (χ0) is 12.8. The predicted octanol–water partition coefficient (Wildman–Crippen LogP) is 3.81. The maximum atomic E-state index is 13.2. The molecule has 0 fully saturated rings. The second-order valence-corrected chi connectivity index (χ2v) is 4.57. The highest BCUT2D eigenvalue weighted by atomic mass is 35.5. The molecule has 2 rings (SSSR count). The molecule has 1 N–H and O–H groups in total. The lowest BCUT2D eigenvalue weighted by atomic mass is 10.1. The van der Waals surface area contributed by atoms with Crippen LogP contribution in [0.15, 0.2) is 48.5 Å². The van der Waals surface area contributed by atoms with Crippen LogP contribution in [0.25, 0.3) is 0 Å². The summed E-state index contributed by atoms with van der Waals surface area (Å²) < 4.78 is 13.2. The van der Waals surface area contributed by atoms with E-state index < -0.39 is 0 Å². The Morgan fingerprint density at radius 3 is 2.50 bits per heavy atom. The summed E-state index contributed by atoms with van der Waals surface area (Å²) in [6, 6.07) is 15.2. The van der Waals surface area contributed by atoms with Gasteiger partial charge in [0.1, 0.15) is 5.82 Å². The van der Waals surface area contributed by atoms with Crippen LogP contribution in [0.3, 0.4) is 0 Å². The number of hydrogen-bond donors (Lipinski definition) is 1. The van der Waals surface area contributed by atoms with Crippen molar-refractivity contribution < 1.29 is 4.39 Å². The quantitative estimate of drug-likeness (QED) is 0.809. The van der Waals surface area contributed by atoms with Crippen molar-refractivity contribution in [3.8, 4) is 0 Å². The first-order valence-corrected chi connectivity index (χ1v) is 6.32. The Balaban J connectivity index is 1.77. The Morgan fingerprint density at radius 1 is 1.00 bits per heavy atom. The van der Waals surface area contributed by atoms with Gasteiger partial charge in [0.05, 0.1) is 5.02 Å². The molecule has 3 heteroatoms. The number of nitrogens with one attached hydrogen (secondary N) is 1. The molecule has 0 heterocycles. The Kier molecular flexibility index (Phi) is 4.73. The molecular weight excluding hydrogens is 249 g/mol. The van der Waals surface area contributed by atoms with Gasteiger partial charge in [0.25, 0.3) is 0 Å². The van der Waals surface area contributed by atoms with Crippen LogP contribution in [-0.2, 0) is 13.0 Å². The fourth-order valence-electron chi connectivity index (χ4n) is 1.76. The standard InChI is InChI=1S/C15H15ClFN/c16-14-7-6-13(10-15(14)17)11-18-9-8-12-4-2-1-3-5-12/h1-7,10,18H,8-9,11H2. The van der Waals surface area contributed by atoms with Gasteiger partial charge in [-0.15, -0.1) is 0 Å². The molecule has 0 aliphatic heterocycles. The van der Waals surface area contributed by atoms with Crippen molar-refractivity contribution in [2.24, 2.45) is 0 Å². The third kappa shape index (κ3) is 3.83. The lowest BCUT2D eigenvalue weighted by Gasteiger charge is -2.06. The number of halogens is 2. The zero-order valence-corrected chi connectivity index (χ0v) is 10.8. The van der Waals surface area contributed by atoms with Crippen LogP contribution in [0.1, 0.15) is 11.1 Å². The molecule has 0 unspecified atom stereocenters. The van der Waals surface area contributed by atoms with Crippen molar-refractivity contribution in [3.05, 3.63) is 70.5 Å². The molecule has 0 aliphatic carbocycles. The molecule has 0 aliphatic rings. The van der Waals surface area contributed by atoms with Crippen molar-refractivity contribution in [1.82, 2.24) is 5.32 Å². The number of rotatable bonds is 5. The third-order valence-corrected chi connectivity index (χ3v) is 3.05. The summed E-state index contributed by atoms with van der Waals surface area (Å²) in [6.45, 7) is 1.52. The fraction of sp³-hybridized carbons (Fsp3) is 0.200. The molecular formula is C15H15ClFN. The van der Waals surface area contributed by atoms with Crippen molar-refractivity contribution in [3.63, 3.8) is 0 Å². The highest BCUT2D eigenvalue weighted by Gasteiger charge is 2.00. The van der Waals surface area contributed by atoms with Gasteiger partial charge in [0.15, 0.2) is 0 Å². The molecule has 1 nitrogen and oxygen atoms in total. The summed E-state index contributed by atoms with van der Waals surface area (Å²) in [4.78, 5) is 0. The van der Waals surface area contributed by atoms with E-state index in [1.807, 2.05) is 24.3 Å². The van der Waals surface area contributed by atoms with E-state index in [-0.39, 0.29) is 10.8 Å². The SMILES string of the molecule is Fc1cc(CNCCc2ccccc2)ccc1Cl. The van der Waals surface area contributed by atoms with Crippen LogP contribution in [-0.4, -0.2) is 6.54 Å². The minimum Gasteiger partial charge on any atom is -0.312 e. The molecule has 0 atom stereocenters. The highest BCUT2D eigenvalue weighted by Crippen LogP contribution is 2.15. The van der Waals surface area contributed by atoms with Gasteiger partial charge in [-0.2, -0.15) is 0 Å². The van der Waals surface area contributed by atoms with Crippen LogP contribution >= 0.6 is 11.6 Å². The minimum atomic E-state index is -0.362. The second-order valence-electron chi connectivity index (χ2n) is 4.16. The van der Waals surface area contributed by atoms with Gasteiger partial charge in [0, 0.05) is 6.54 Å². The molecule has 0 saturated carbocycles. The van der Waals surface area contributed by atoms with Crippen molar-refractivity contribution >= 4 is 11.6 Å². The molecule has 0 amide bonds. The van der Waals surface area contributed by atoms with Crippen LogP contribution in [0, 0.1) is 5.82 Å². The van der Waals surface area contributed by atoms with Gasteiger partial charge in [-0.05, 0) is 36.2 Å². The molecule has 18 heavy (non-hydrogen) atoms. The highest BCUT2D eigenvalue weighted by molar-refractivity contribution is 6.30. The Hall–Kier alpha value is -1.38. The topological polar surface area (TPSA) is 12.0 Å². The summed E-state index contributed by atoms with van der Waals surface area (Å²) in [5.74, 6) is -0.362. The van der Waals surface area contributed by atoms with Crippen molar-refractivity contribution in [2.75, 3.05) is 6.54 Å². The average molecular weight is 264 g/mol. The fourth-order valence-corrected chi connectivity index (χ4v) is 1.88. The minimum absolute atomic E-state index is 0.169. The van der Waals surface area contributed by atoms with Gasteiger partial charge in [-0.3, -0.25) is 0 Å². The Labute approximate surface area is 112 Å². The summed E-state index contributed by atoms with van der Waals surface area (Å²) >= 11 is 5.63. The molecule has 94 valence electrons. The molecule has 0 spiro atoms. The third-order valence-electron chi connectivity index (χ3n) is 2.75. The summed E-state index contributed by atoms with van der Waals surface area (Å²) in [6.07, 6.45) is 0.969. The van der Waals surface area contributed by atoms with Gasteiger partial charge < -0.3 is 5.32 Å². The maximum absolute atomic E-state index is 13.2. The first kappa shape index (κ1) is 13.1. The van der Waals surface area contributed by atoms with Crippen molar-refractivity contribution in [2.45, 2.75) is 13.0 Å². The largest absolute Gasteiger partial charge is 0.312 e. The zero-order valence-electron chi connectivity index (χ0n) is 10.00. The Morgan fingerprint density at radius 2 is 1.78 bits per heavy atom. The number of benzene rings is 2. The van der Waals surface area contributed by atoms with E-state index in [1.165, 1.54) is 11.6 Å². The van der Waals surface area contributed by atoms with Crippen LogP contribution in [0.2, 0.25) is 5.02 Å². The molecule has 0 bridgehead atoms.